The highest BCUT2D eigenvalue weighted by atomic mass is 32.1. The monoisotopic (exact) mass is 292 g/mol. The minimum Gasteiger partial charge on any atom is -0.396 e. The Bertz CT molecular complexity index is 487. The number of carbonyl (C=O) groups excluding carboxylic acids is 1. The molecule has 0 saturated carbocycles. The fourth-order valence-electron chi connectivity index (χ4n) is 2.51. The van der Waals surface area contributed by atoms with E-state index in [4.69, 9.17) is 18.0 Å². The van der Waals surface area contributed by atoms with E-state index in [1.165, 1.54) is 0 Å². The summed E-state index contributed by atoms with van der Waals surface area (Å²) < 4.78 is 0. The van der Waals surface area contributed by atoms with E-state index < -0.39 is 0 Å². The minimum atomic E-state index is 0.117. The first-order valence-electron chi connectivity index (χ1n) is 6.87. The summed E-state index contributed by atoms with van der Waals surface area (Å²) in [5, 5.41) is 9.20. The maximum atomic E-state index is 12.2. The van der Waals surface area contributed by atoms with E-state index in [1.54, 1.807) is 0 Å². The van der Waals surface area contributed by atoms with Gasteiger partial charge in [-0.15, -0.1) is 0 Å². The number of aliphatic hydroxyl groups is 1. The lowest BCUT2D eigenvalue weighted by Gasteiger charge is -2.32. The predicted octanol–water partition coefficient (Wildman–Crippen LogP) is 1.09. The van der Waals surface area contributed by atoms with Gasteiger partial charge >= 0.3 is 0 Å². The lowest BCUT2D eigenvalue weighted by molar-refractivity contribution is -0.132. The molecule has 1 aromatic carbocycles. The third kappa shape index (κ3) is 3.77. The number of nitrogens with two attached hydrogens (primary N) is 1. The largest absolute Gasteiger partial charge is 0.396 e. The normalized spacial score (nSPS) is 18.9. The van der Waals surface area contributed by atoms with E-state index >= 15 is 0 Å². The first-order valence-corrected chi connectivity index (χ1v) is 7.28. The number of hydrogen-bond acceptors (Lipinski definition) is 3. The van der Waals surface area contributed by atoms with Gasteiger partial charge in [0.15, 0.2) is 0 Å². The highest BCUT2D eigenvalue weighted by molar-refractivity contribution is 7.80. The van der Waals surface area contributed by atoms with Crippen LogP contribution in [-0.4, -0.2) is 40.6 Å². The third-order valence-electron chi connectivity index (χ3n) is 3.72. The maximum Gasteiger partial charge on any atom is 0.226 e. The summed E-state index contributed by atoms with van der Waals surface area (Å²) >= 11 is 4.90. The number of aliphatic hydroxyl groups excluding tert-OH is 1. The van der Waals surface area contributed by atoms with Crippen LogP contribution in [0.4, 0.5) is 0 Å². The van der Waals surface area contributed by atoms with Gasteiger partial charge in [0.25, 0.3) is 0 Å². The van der Waals surface area contributed by atoms with Crippen molar-refractivity contribution in [3.05, 3.63) is 35.4 Å². The molecule has 1 aliphatic rings. The molecule has 1 unspecified atom stereocenters. The summed E-state index contributed by atoms with van der Waals surface area (Å²) in [6.07, 6.45) is 2.36. The smallest absolute Gasteiger partial charge is 0.226 e. The lowest BCUT2D eigenvalue weighted by atomic mass is 9.98. The molecule has 1 amide bonds. The van der Waals surface area contributed by atoms with Crippen molar-refractivity contribution >= 4 is 23.1 Å². The minimum absolute atomic E-state index is 0.117. The molecule has 0 spiro atoms. The molecule has 1 heterocycles. The number of rotatable bonds is 4. The second-order valence-corrected chi connectivity index (χ2v) is 5.71. The molecule has 1 aliphatic heterocycles. The van der Waals surface area contributed by atoms with Gasteiger partial charge in [-0.2, -0.15) is 0 Å². The second-order valence-electron chi connectivity index (χ2n) is 5.27. The van der Waals surface area contributed by atoms with Crippen LogP contribution < -0.4 is 5.73 Å². The van der Waals surface area contributed by atoms with E-state index in [0.717, 1.165) is 30.5 Å². The van der Waals surface area contributed by atoms with Crippen molar-refractivity contribution in [2.45, 2.75) is 19.3 Å². The summed E-state index contributed by atoms with van der Waals surface area (Å²) in [7, 11) is 0. The van der Waals surface area contributed by atoms with Gasteiger partial charge in [0, 0.05) is 25.3 Å². The van der Waals surface area contributed by atoms with Crippen LogP contribution in [0.1, 0.15) is 24.0 Å². The summed E-state index contributed by atoms with van der Waals surface area (Å²) in [5.74, 6) is 0.343. The van der Waals surface area contributed by atoms with Crippen LogP contribution in [0.3, 0.4) is 0 Å². The molecule has 0 aromatic heterocycles. The molecule has 1 aromatic rings. The Balaban J connectivity index is 1.95. The molecule has 1 fully saturated rings. The summed E-state index contributed by atoms with van der Waals surface area (Å²) in [6.45, 7) is 1.62. The van der Waals surface area contributed by atoms with Crippen LogP contribution >= 0.6 is 12.2 Å². The Morgan fingerprint density at radius 3 is 2.70 bits per heavy atom. The van der Waals surface area contributed by atoms with Gasteiger partial charge in [0.05, 0.1) is 6.42 Å². The van der Waals surface area contributed by atoms with Crippen LogP contribution in [0.2, 0.25) is 0 Å². The maximum absolute atomic E-state index is 12.2. The predicted molar refractivity (Wildman–Crippen MR) is 82.4 cm³/mol. The Labute approximate surface area is 124 Å². The zero-order valence-electron chi connectivity index (χ0n) is 11.4. The van der Waals surface area contributed by atoms with E-state index in [9.17, 15) is 9.90 Å². The van der Waals surface area contributed by atoms with Crippen LogP contribution in [0.15, 0.2) is 24.3 Å². The number of benzene rings is 1. The molecule has 2 rings (SSSR count). The number of piperidine rings is 1. The molecule has 20 heavy (non-hydrogen) atoms. The van der Waals surface area contributed by atoms with Gasteiger partial charge in [-0.3, -0.25) is 4.79 Å². The quantitative estimate of drug-likeness (QED) is 0.815. The molecule has 108 valence electrons. The van der Waals surface area contributed by atoms with Crippen LogP contribution in [0.5, 0.6) is 0 Å². The molecule has 1 atom stereocenters. The number of likely N-dealkylation sites (tertiary alicyclic amines) is 1. The van der Waals surface area contributed by atoms with Gasteiger partial charge < -0.3 is 15.7 Å². The lowest BCUT2D eigenvalue weighted by Crippen LogP contribution is -2.41. The van der Waals surface area contributed by atoms with Gasteiger partial charge in [-0.1, -0.05) is 36.5 Å². The molecule has 0 aliphatic carbocycles. The summed E-state index contributed by atoms with van der Waals surface area (Å²) in [6, 6.07) is 7.47. The zero-order chi connectivity index (χ0) is 14.5. The van der Waals surface area contributed by atoms with Crippen LogP contribution in [0.25, 0.3) is 0 Å². The van der Waals surface area contributed by atoms with Gasteiger partial charge in [-0.05, 0) is 24.3 Å². The van der Waals surface area contributed by atoms with Gasteiger partial charge in [0.2, 0.25) is 5.91 Å². The summed E-state index contributed by atoms with van der Waals surface area (Å²) in [4.78, 5) is 14.5. The average Bonchev–Trinajstić information content (AvgIpc) is 2.47. The average molecular weight is 292 g/mol. The topological polar surface area (TPSA) is 66.6 Å². The molecule has 4 nitrogen and oxygen atoms in total. The standard InChI is InChI=1S/C15H20N2O2S/c16-15(20)13-5-3-11(4-6-13)8-14(19)17-7-1-2-12(9-17)10-18/h3-6,12,18H,1-2,7-10H2,(H2,16,20). The second kappa shape index (κ2) is 6.81. The van der Waals surface area contributed by atoms with Crippen molar-refractivity contribution in [1.82, 2.24) is 4.90 Å². The Morgan fingerprint density at radius 1 is 1.40 bits per heavy atom. The fourth-order valence-corrected chi connectivity index (χ4v) is 2.65. The molecule has 0 bridgehead atoms. The SMILES string of the molecule is NC(=S)c1ccc(CC(=O)N2CCCC(CO)C2)cc1. The Morgan fingerprint density at radius 2 is 2.10 bits per heavy atom. The first-order chi connectivity index (χ1) is 9.60. The Hall–Kier alpha value is -1.46. The molecule has 5 heteroatoms. The zero-order valence-corrected chi connectivity index (χ0v) is 12.2. The van der Waals surface area contributed by atoms with E-state index in [2.05, 4.69) is 0 Å². The molecular formula is C15H20N2O2S. The molecular weight excluding hydrogens is 272 g/mol. The third-order valence-corrected chi connectivity index (χ3v) is 3.96. The first kappa shape index (κ1) is 14.9. The molecule has 3 N–H and O–H groups in total. The fraction of sp³-hybridized carbons (Fsp3) is 0.467. The van der Waals surface area contributed by atoms with Crippen molar-refractivity contribution < 1.29 is 9.90 Å². The number of nitrogens with zero attached hydrogens (tertiary/aromatic N) is 1. The highest BCUT2D eigenvalue weighted by Crippen LogP contribution is 2.17. The van der Waals surface area contributed by atoms with Crippen molar-refractivity contribution in [2.24, 2.45) is 11.7 Å². The number of thiocarbonyl (C=S) groups is 1. The number of carbonyl (C=O) groups is 1. The van der Waals surface area contributed by atoms with E-state index in [-0.39, 0.29) is 18.4 Å². The van der Waals surface area contributed by atoms with Crippen molar-refractivity contribution in [1.29, 1.82) is 0 Å². The van der Waals surface area contributed by atoms with Crippen LogP contribution in [0, 0.1) is 5.92 Å². The van der Waals surface area contributed by atoms with Gasteiger partial charge in [0.1, 0.15) is 4.99 Å². The number of amides is 1. The summed E-state index contributed by atoms with van der Waals surface area (Å²) in [5.41, 5.74) is 7.32. The van der Waals surface area contributed by atoms with Crippen LogP contribution in [-0.2, 0) is 11.2 Å². The highest BCUT2D eigenvalue weighted by Gasteiger charge is 2.22. The van der Waals surface area contributed by atoms with Gasteiger partial charge in [-0.25, -0.2) is 0 Å². The molecule has 1 saturated heterocycles. The van der Waals surface area contributed by atoms with Crippen molar-refractivity contribution in [3.63, 3.8) is 0 Å². The van der Waals surface area contributed by atoms with E-state index in [1.807, 2.05) is 29.2 Å². The van der Waals surface area contributed by atoms with Crippen molar-refractivity contribution in [2.75, 3.05) is 19.7 Å². The van der Waals surface area contributed by atoms with Crippen molar-refractivity contribution in [3.8, 4) is 0 Å². The number of hydrogen-bond donors (Lipinski definition) is 2. The Kier molecular flexibility index (Phi) is 5.09. The molecule has 0 radical (unpaired) electrons. The van der Waals surface area contributed by atoms with E-state index in [0.29, 0.717) is 18.0 Å².